The average molecular weight is 379 g/mol. The van der Waals surface area contributed by atoms with Crippen molar-refractivity contribution in [2.24, 2.45) is 0 Å². The number of carbonyl (C=O) groups excluding carboxylic acids is 3. The number of likely N-dealkylation sites (tertiary alicyclic amines) is 1. The molecule has 6 heteroatoms. The summed E-state index contributed by atoms with van der Waals surface area (Å²) in [7, 11) is 1.56. The molecule has 1 aliphatic heterocycles. The third-order valence-electron chi connectivity index (χ3n) is 5.13. The first-order valence-electron chi connectivity index (χ1n) is 9.47. The lowest BCUT2D eigenvalue weighted by molar-refractivity contribution is -0.137. The van der Waals surface area contributed by atoms with E-state index in [9.17, 15) is 14.4 Å². The van der Waals surface area contributed by atoms with Crippen LogP contribution < -0.4 is 10.6 Å². The second kappa shape index (κ2) is 8.69. The van der Waals surface area contributed by atoms with E-state index in [4.69, 9.17) is 0 Å². The Labute approximate surface area is 164 Å². The summed E-state index contributed by atoms with van der Waals surface area (Å²) in [6.07, 6.45) is 1.43. The first-order valence-corrected chi connectivity index (χ1v) is 9.47. The molecule has 1 unspecified atom stereocenters. The zero-order valence-electron chi connectivity index (χ0n) is 16.2. The molecule has 0 spiro atoms. The lowest BCUT2D eigenvalue weighted by Gasteiger charge is -2.23. The van der Waals surface area contributed by atoms with E-state index in [0.717, 1.165) is 23.1 Å². The number of aryl methyl sites for hydroxylation is 1. The molecule has 3 rings (SSSR count). The van der Waals surface area contributed by atoms with Crippen LogP contribution in [0.4, 0.5) is 0 Å². The van der Waals surface area contributed by atoms with Crippen LogP contribution in [-0.4, -0.2) is 48.8 Å². The van der Waals surface area contributed by atoms with Gasteiger partial charge in [-0.2, -0.15) is 0 Å². The second-order valence-corrected chi connectivity index (χ2v) is 6.90. The van der Waals surface area contributed by atoms with E-state index in [-0.39, 0.29) is 24.3 Å². The first-order chi connectivity index (χ1) is 13.5. The molecule has 6 nitrogen and oxygen atoms in total. The molecule has 1 fully saturated rings. The van der Waals surface area contributed by atoms with Crippen LogP contribution in [0, 0.1) is 6.92 Å². The molecule has 3 amide bonds. The second-order valence-electron chi connectivity index (χ2n) is 6.90. The number of hydrogen-bond donors (Lipinski definition) is 2. The minimum Gasteiger partial charge on any atom is -0.357 e. The van der Waals surface area contributed by atoms with Crippen LogP contribution in [-0.2, 0) is 9.59 Å². The van der Waals surface area contributed by atoms with E-state index in [1.165, 1.54) is 0 Å². The van der Waals surface area contributed by atoms with Gasteiger partial charge in [0.05, 0.1) is 6.54 Å². The molecule has 0 bridgehead atoms. The highest BCUT2D eigenvalue weighted by atomic mass is 16.2. The normalized spacial score (nSPS) is 15.9. The molecule has 2 aromatic carbocycles. The molecular formula is C22H25N3O3. The van der Waals surface area contributed by atoms with Gasteiger partial charge >= 0.3 is 0 Å². The molecule has 0 radical (unpaired) electrons. The predicted octanol–water partition coefficient (Wildman–Crippen LogP) is 2.13. The molecule has 2 aromatic rings. The van der Waals surface area contributed by atoms with Crippen molar-refractivity contribution in [2.45, 2.75) is 25.8 Å². The number of hydrogen-bond acceptors (Lipinski definition) is 3. The Morgan fingerprint density at radius 2 is 1.71 bits per heavy atom. The molecule has 1 atom stereocenters. The predicted molar refractivity (Wildman–Crippen MR) is 108 cm³/mol. The highest BCUT2D eigenvalue weighted by Crippen LogP contribution is 2.26. The average Bonchev–Trinajstić information content (AvgIpc) is 3.21. The van der Waals surface area contributed by atoms with Crippen LogP contribution in [0.1, 0.15) is 28.8 Å². The number of rotatable bonds is 5. The van der Waals surface area contributed by atoms with Crippen LogP contribution in [0.25, 0.3) is 11.1 Å². The molecule has 146 valence electrons. The number of benzene rings is 2. The molecule has 0 aliphatic carbocycles. The standard InChI is InChI=1S/C22H25N3O3/c1-15-8-3-4-9-16(15)17-10-5-6-11-18(17)21(27)24-14-20(26)25-13-7-12-19(25)22(28)23-2/h3-6,8-11,19H,7,12-14H2,1-2H3,(H,23,28)(H,24,27). The monoisotopic (exact) mass is 379 g/mol. The highest BCUT2D eigenvalue weighted by Gasteiger charge is 2.33. The maximum Gasteiger partial charge on any atom is 0.252 e. The van der Waals surface area contributed by atoms with Gasteiger partial charge in [-0.05, 0) is 42.5 Å². The quantitative estimate of drug-likeness (QED) is 0.835. The van der Waals surface area contributed by atoms with Gasteiger partial charge in [0.15, 0.2) is 0 Å². The molecule has 28 heavy (non-hydrogen) atoms. The molecule has 0 aromatic heterocycles. The molecular weight excluding hydrogens is 354 g/mol. The van der Waals surface area contributed by atoms with Crippen LogP contribution >= 0.6 is 0 Å². The molecule has 1 aliphatic rings. The smallest absolute Gasteiger partial charge is 0.252 e. The maximum absolute atomic E-state index is 12.8. The van der Waals surface area contributed by atoms with Gasteiger partial charge in [0.1, 0.15) is 6.04 Å². The Morgan fingerprint density at radius 3 is 2.43 bits per heavy atom. The van der Waals surface area contributed by atoms with Gasteiger partial charge in [0.25, 0.3) is 5.91 Å². The fraction of sp³-hybridized carbons (Fsp3) is 0.318. The SMILES string of the molecule is CNC(=O)C1CCCN1C(=O)CNC(=O)c1ccccc1-c1ccccc1C. The first kappa shape index (κ1) is 19.6. The van der Waals surface area contributed by atoms with E-state index in [1.54, 1.807) is 24.1 Å². The number of likely N-dealkylation sites (N-methyl/N-ethyl adjacent to an activating group) is 1. The fourth-order valence-electron chi connectivity index (χ4n) is 3.65. The van der Waals surface area contributed by atoms with E-state index in [1.807, 2.05) is 43.3 Å². The molecule has 0 saturated carbocycles. The Balaban J connectivity index is 1.72. The number of amides is 3. The minimum absolute atomic E-state index is 0.131. The Hall–Kier alpha value is -3.15. The largest absolute Gasteiger partial charge is 0.357 e. The van der Waals surface area contributed by atoms with Crippen molar-refractivity contribution in [1.82, 2.24) is 15.5 Å². The summed E-state index contributed by atoms with van der Waals surface area (Å²) in [5.41, 5.74) is 3.41. The number of nitrogens with zero attached hydrogens (tertiary/aromatic N) is 1. The van der Waals surface area contributed by atoms with Crippen molar-refractivity contribution in [3.05, 3.63) is 59.7 Å². The van der Waals surface area contributed by atoms with E-state index >= 15 is 0 Å². The minimum atomic E-state index is -0.450. The summed E-state index contributed by atoms with van der Waals surface area (Å²) in [6.45, 7) is 2.40. The summed E-state index contributed by atoms with van der Waals surface area (Å²) < 4.78 is 0. The lowest BCUT2D eigenvalue weighted by Crippen LogP contribution is -2.48. The number of carbonyl (C=O) groups is 3. The summed E-state index contributed by atoms with van der Waals surface area (Å²) in [6, 6.07) is 14.8. The van der Waals surface area contributed by atoms with Crippen molar-refractivity contribution in [1.29, 1.82) is 0 Å². The van der Waals surface area contributed by atoms with E-state index in [2.05, 4.69) is 10.6 Å². The summed E-state index contributed by atoms with van der Waals surface area (Å²) >= 11 is 0. The van der Waals surface area contributed by atoms with Gasteiger partial charge < -0.3 is 15.5 Å². The molecule has 1 saturated heterocycles. The Kier molecular flexibility index (Phi) is 6.09. The topological polar surface area (TPSA) is 78.5 Å². The number of nitrogens with one attached hydrogen (secondary N) is 2. The Bertz CT molecular complexity index is 894. The van der Waals surface area contributed by atoms with Crippen LogP contribution in [0.3, 0.4) is 0 Å². The zero-order chi connectivity index (χ0) is 20.1. The molecule has 2 N–H and O–H groups in total. The zero-order valence-corrected chi connectivity index (χ0v) is 16.2. The highest BCUT2D eigenvalue weighted by molar-refractivity contribution is 6.02. The summed E-state index contributed by atoms with van der Waals surface area (Å²) in [5.74, 6) is -0.710. The van der Waals surface area contributed by atoms with Gasteiger partial charge in [-0.3, -0.25) is 14.4 Å². The van der Waals surface area contributed by atoms with Crippen molar-refractivity contribution in [2.75, 3.05) is 20.1 Å². The third-order valence-corrected chi connectivity index (χ3v) is 5.13. The summed E-state index contributed by atoms with van der Waals surface area (Å²) in [4.78, 5) is 38.8. The van der Waals surface area contributed by atoms with Crippen LogP contribution in [0.5, 0.6) is 0 Å². The van der Waals surface area contributed by atoms with Gasteiger partial charge in [-0.15, -0.1) is 0 Å². The Morgan fingerprint density at radius 1 is 1.04 bits per heavy atom. The summed E-state index contributed by atoms with van der Waals surface area (Å²) in [5, 5.41) is 5.31. The van der Waals surface area contributed by atoms with Crippen LogP contribution in [0.15, 0.2) is 48.5 Å². The van der Waals surface area contributed by atoms with Gasteiger partial charge in [-0.1, -0.05) is 42.5 Å². The van der Waals surface area contributed by atoms with Crippen molar-refractivity contribution < 1.29 is 14.4 Å². The molecule has 1 heterocycles. The van der Waals surface area contributed by atoms with Crippen LogP contribution in [0.2, 0.25) is 0 Å². The van der Waals surface area contributed by atoms with E-state index < -0.39 is 6.04 Å². The maximum atomic E-state index is 12.8. The van der Waals surface area contributed by atoms with Crippen molar-refractivity contribution in [3.63, 3.8) is 0 Å². The fourth-order valence-corrected chi connectivity index (χ4v) is 3.65. The lowest BCUT2D eigenvalue weighted by atomic mass is 9.96. The van der Waals surface area contributed by atoms with Crippen molar-refractivity contribution in [3.8, 4) is 11.1 Å². The van der Waals surface area contributed by atoms with E-state index in [0.29, 0.717) is 18.5 Å². The van der Waals surface area contributed by atoms with Crippen molar-refractivity contribution >= 4 is 17.7 Å². The van der Waals surface area contributed by atoms with Gasteiger partial charge in [0.2, 0.25) is 11.8 Å². The van der Waals surface area contributed by atoms with Gasteiger partial charge in [-0.25, -0.2) is 0 Å². The third kappa shape index (κ3) is 4.06. The van der Waals surface area contributed by atoms with Gasteiger partial charge in [0, 0.05) is 19.2 Å².